The number of hydrogen-bond acceptors (Lipinski definition) is 5. The van der Waals surface area contributed by atoms with E-state index >= 15 is 0 Å². The van der Waals surface area contributed by atoms with E-state index in [1.165, 1.54) is 0 Å². The molecule has 0 aliphatic carbocycles. The lowest BCUT2D eigenvalue weighted by atomic mass is 10.2. The third-order valence-corrected chi connectivity index (χ3v) is 3.16. The number of hydrogen-bond donors (Lipinski definition) is 2. The van der Waals surface area contributed by atoms with Crippen molar-refractivity contribution in [3.8, 4) is 0 Å². The van der Waals surface area contributed by atoms with Crippen molar-refractivity contribution >= 4 is 5.82 Å². The molecule has 1 aliphatic rings. The Bertz CT molecular complexity index is 350. The van der Waals surface area contributed by atoms with Crippen LogP contribution in [-0.2, 0) is 6.54 Å². The number of aromatic nitrogens is 1. The fourth-order valence-corrected chi connectivity index (χ4v) is 2.10. The van der Waals surface area contributed by atoms with Crippen LogP contribution in [0.3, 0.4) is 0 Å². The lowest BCUT2D eigenvalue weighted by Gasteiger charge is -2.35. The predicted octanol–water partition coefficient (Wildman–Crippen LogP) is -0.345. The molecule has 0 unspecified atom stereocenters. The van der Waals surface area contributed by atoms with E-state index in [2.05, 4.69) is 20.9 Å². The van der Waals surface area contributed by atoms with E-state index in [1.807, 2.05) is 12.3 Å². The third-order valence-electron chi connectivity index (χ3n) is 3.16. The second kappa shape index (κ2) is 5.95. The molecule has 1 aromatic heterocycles. The molecule has 0 atom stereocenters. The zero-order valence-corrected chi connectivity index (χ0v) is 10.0. The van der Waals surface area contributed by atoms with Gasteiger partial charge >= 0.3 is 0 Å². The second-order valence-electron chi connectivity index (χ2n) is 4.28. The first-order valence-electron chi connectivity index (χ1n) is 6.06. The number of anilines is 1. The molecule has 94 valence electrons. The summed E-state index contributed by atoms with van der Waals surface area (Å²) in [5, 5.41) is 8.89. The maximum atomic E-state index is 8.89. The molecule has 0 saturated carbocycles. The Morgan fingerprint density at radius 3 is 2.71 bits per heavy atom. The Balaban J connectivity index is 1.95. The van der Waals surface area contributed by atoms with Gasteiger partial charge in [-0.1, -0.05) is 0 Å². The Labute approximate surface area is 102 Å². The highest BCUT2D eigenvalue weighted by Gasteiger charge is 2.17. The molecular weight excluding hydrogens is 216 g/mol. The van der Waals surface area contributed by atoms with E-state index in [0.717, 1.165) is 44.1 Å². The molecular formula is C12H20N4O. The van der Waals surface area contributed by atoms with Crippen molar-refractivity contribution in [2.24, 2.45) is 5.73 Å². The van der Waals surface area contributed by atoms with Crippen molar-refractivity contribution in [2.75, 3.05) is 44.2 Å². The minimum Gasteiger partial charge on any atom is -0.395 e. The topological polar surface area (TPSA) is 65.6 Å². The molecule has 0 aromatic carbocycles. The van der Waals surface area contributed by atoms with Crippen molar-refractivity contribution in [1.29, 1.82) is 0 Å². The lowest BCUT2D eigenvalue weighted by molar-refractivity contribution is 0.188. The molecule has 1 aliphatic heterocycles. The van der Waals surface area contributed by atoms with Crippen molar-refractivity contribution in [1.82, 2.24) is 9.88 Å². The molecule has 0 amide bonds. The highest BCUT2D eigenvalue weighted by Crippen LogP contribution is 2.14. The van der Waals surface area contributed by atoms with Gasteiger partial charge in [0.2, 0.25) is 0 Å². The van der Waals surface area contributed by atoms with E-state index in [9.17, 15) is 0 Å². The van der Waals surface area contributed by atoms with Crippen LogP contribution >= 0.6 is 0 Å². The number of nitrogens with zero attached hydrogens (tertiary/aromatic N) is 3. The van der Waals surface area contributed by atoms with Crippen LogP contribution in [0.1, 0.15) is 5.56 Å². The zero-order valence-electron chi connectivity index (χ0n) is 10.0. The smallest absolute Gasteiger partial charge is 0.128 e. The van der Waals surface area contributed by atoms with Crippen molar-refractivity contribution in [3.63, 3.8) is 0 Å². The number of aliphatic hydroxyl groups excluding tert-OH is 1. The first kappa shape index (κ1) is 12.3. The lowest BCUT2D eigenvalue weighted by Crippen LogP contribution is -2.47. The van der Waals surface area contributed by atoms with Gasteiger partial charge in [0.15, 0.2) is 0 Å². The summed E-state index contributed by atoms with van der Waals surface area (Å²) in [7, 11) is 0. The standard InChI is InChI=1S/C12H20N4O/c13-10-11-1-2-14-12(9-11)16-5-3-15(4-6-16)7-8-17/h1-2,9,17H,3-8,10,13H2. The molecule has 2 heterocycles. The third kappa shape index (κ3) is 3.15. The Kier molecular flexibility index (Phi) is 4.30. The van der Waals surface area contributed by atoms with Crippen LogP contribution in [0.5, 0.6) is 0 Å². The number of piperazine rings is 1. The predicted molar refractivity (Wildman–Crippen MR) is 67.9 cm³/mol. The maximum Gasteiger partial charge on any atom is 0.128 e. The molecule has 2 rings (SSSR count). The molecule has 5 nitrogen and oxygen atoms in total. The molecule has 3 N–H and O–H groups in total. The van der Waals surface area contributed by atoms with Crippen LogP contribution in [0.2, 0.25) is 0 Å². The van der Waals surface area contributed by atoms with Gasteiger partial charge in [-0.25, -0.2) is 4.98 Å². The average molecular weight is 236 g/mol. The van der Waals surface area contributed by atoms with Gasteiger partial charge in [0.05, 0.1) is 6.61 Å². The normalized spacial score (nSPS) is 17.4. The van der Waals surface area contributed by atoms with Gasteiger partial charge < -0.3 is 15.7 Å². The summed E-state index contributed by atoms with van der Waals surface area (Å²) >= 11 is 0. The number of rotatable bonds is 4. The largest absolute Gasteiger partial charge is 0.395 e. The summed E-state index contributed by atoms with van der Waals surface area (Å²) in [4.78, 5) is 8.92. The Hall–Kier alpha value is -1.17. The van der Waals surface area contributed by atoms with E-state index < -0.39 is 0 Å². The summed E-state index contributed by atoms with van der Waals surface area (Å²) in [6, 6.07) is 4.01. The van der Waals surface area contributed by atoms with Gasteiger partial charge in [0, 0.05) is 45.5 Å². The quantitative estimate of drug-likeness (QED) is 0.748. The number of nitrogens with two attached hydrogens (primary N) is 1. The highest BCUT2D eigenvalue weighted by atomic mass is 16.3. The van der Waals surface area contributed by atoms with Crippen molar-refractivity contribution in [2.45, 2.75) is 6.54 Å². The van der Waals surface area contributed by atoms with Gasteiger partial charge in [-0.2, -0.15) is 0 Å². The fraction of sp³-hybridized carbons (Fsp3) is 0.583. The first-order valence-corrected chi connectivity index (χ1v) is 6.06. The SMILES string of the molecule is NCc1ccnc(N2CCN(CCO)CC2)c1. The van der Waals surface area contributed by atoms with Gasteiger partial charge in [-0.15, -0.1) is 0 Å². The number of aliphatic hydroxyl groups is 1. The summed E-state index contributed by atoms with van der Waals surface area (Å²) in [5.41, 5.74) is 6.75. The maximum absolute atomic E-state index is 8.89. The molecule has 0 bridgehead atoms. The van der Waals surface area contributed by atoms with E-state index in [0.29, 0.717) is 6.54 Å². The summed E-state index contributed by atoms with van der Waals surface area (Å²) in [6.07, 6.45) is 1.82. The van der Waals surface area contributed by atoms with E-state index in [1.54, 1.807) is 0 Å². The molecule has 1 fully saturated rings. The van der Waals surface area contributed by atoms with Crippen LogP contribution in [-0.4, -0.2) is 54.3 Å². The second-order valence-corrected chi connectivity index (χ2v) is 4.28. The molecule has 5 heteroatoms. The Morgan fingerprint density at radius 1 is 1.29 bits per heavy atom. The van der Waals surface area contributed by atoms with Crippen LogP contribution in [0.25, 0.3) is 0 Å². The van der Waals surface area contributed by atoms with Crippen LogP contribution in [0, 0.1) is 0 Å². The van der Waals surface area contributed by atoms with E-state index in [-0.39, 0.29) is 6.61 Å². The minimum absolute atomic E-state index is 0.237. The van der Waals surface area contributed by atoms with Crippen molar-refractivity contribution < 1.29 is 5.11 Å². The zero-order chi connectivity index (χ0) is 12.1. The first-order chi connectivity index (χ1) is 8.33. The van der Waals surface area contributed by atoms with Crippen LogP contribution < -0.4 is 10.6 Å². The number of pyridine rings is 1. The highest BCUT2D eigenvalue weighted by molar-refractivity contribution is 5.41. The van der Waals surface area contributed by atoms with Crippen molar-refractivity contribution in [3.05, 3.63) is 23.9 Å². The summed E-state index contributed by atoms with van der Waals surface area (Å²) in [5.74, 6) is 1.01. The number of β-amino-alcohol motifs (C(OH)–C–C–N with tert-alkyl or cyclic N) is 1. The van der Waals surface area contributed by atoms with Gasteiger partial charge in [0.1, 0.15) is 5.82 Å². The minimum atomic E-state index is 0.237. The molecule has 1 saturated heterocycles. The monoisotopic (exact) mass is 236 g/mol. The Morgan fingerprint density at radius 2 is 2.06 bits per heavy atom. The summed E-state index contributed by atoms with van der Waals surface area (Å²) in [6.45, 7) is 5.44. The fourth-order valence-electron chi connectivity index (χ4n) is 2.10. The van der Waals surface area contributed by atoms with Gasteiger partial charge in [0.25, 0.3) is 0 Å². The molecule has 0 spiro atoms. The molecule has 0 radical (unpaired) electrons. The average Bonchev–Trinajstić information content (AvgIpc) is 2.40. The van der Waals surface area contributed by atoms with Crippen LogP contribution in [0.15, 0.2) is 18.3 Å². The van der Waals surface area contributed by atoms with E-state index in [4.69, 9.17) is 10.8 Å². The molecule has 1 aromatic rings. The van der Waals surface area contributed by atoms with Gasteiger partial charge in [-0.05, 0) is 17.7 Å². The summed E-state index contributed by atoms with van der Waals surface area (Å²) < 4.78 is 0. The van der Waals surface area contributed by atoms with Gasteiger partial charge in [-0.3, -0.25) is 4.90 Å². The molecule has 17 heavy (non-hydrogen) atoms. The van der Waals surface area contributed by atoms with Crippen LogP contribution in [0.4, 0.5) is 5.82 Å².